The summed E-state index contributed by atoms with van der Waals surface area (Å²) >= 11 is 0. The fourth-order valence-corrected chi connectivity index (χ4v) is 4.13. The van der Waals surface area contributed by atoms with E-state index < -0.39 is 7.82 Å². The Morgan fingerprint density at radius 3 is 2.13 bits per heavy atom. The Hall–Kier alpha value is -1.11. The van der Waals surface area contributed by atoms with Crippen LogP contribution in [0.4, 0.5) is 0 Å². The van der Waals surface area contributed by atoms with Crippen LogP contribution >= 0.6 is 7.82 Å². The smallest absolute Gasteiger partial charge is 0.268 e. The van der Waals surface area contributed by atoms with E-state index in [0.717, 1.165) is 23.0 Å². The summed E-state index contributed by atoms with van der Waals surface area (Å²) in [6.45, 7) is 3.96. The van der Waals surface area contributed by atoms with Gasteiger partial charge in [-0.1, -0.05) is 51.5 Å². The Balaban J connectivity index is 2.13. The van der Waals surface area contributed by atoms with E-state index in [1.807, 2.05) is 0 Å². The van der Waals surface area contributed by atoms with Crippen molar-refractivity contribution in [2.45, 2.75) is 71.1 Å². The van der Waals surface area contributed by atoms with Gasteiger partial charge in [0.25, 0.3) is 7.82 Å². The number of likely N-dealkylation sites (N-methyl/N-ethyl adjacent to an activating group) is 1. The lowest BCUT2D eigenvalue weighted by molar-refractivity contribution is -0.890. The molecule has 0 aliphatic heterocycles. The van der Waals surface area contributed by atoms with Crippen molar-refractivity contribution >= 4 is 7.82 Å². The van der Waals surface area contributed by atoms with Gasteiger partial charge in [0.1, 0.15) is 13.2 Å². The van der Waals surface area contributed by atoms with Crippen LogP contribution in [0.2, 0.25) is 0 Å². The summed E-state index contributed by atoms with van der Waals surface area (Å²) in [5.74, 6) is -0.370. The predicted octanol–water partition coefficient (Wildman–Crippen LogP) is 4.75. The quantitative estimate of drug-likeness (QED) is 0.142. The molecule has 7 nitrogen and oxygen atoms in total. The highest BCUT2D eigenvalue weighted by Gasteiger charge is 2.17. The van der Waals surface area contributed by atoms with Crippen molar-refractivity contribution in [3.8, 4) is 11.5 Å². The molecule has 31 heavy (non-hydrogen) atoms. The summed E-state index contributed by atoms with van der Waals surface area (Å²) in [7, 11) is -0.134. The molecule has 1 aromatic carbocycles. The standard InChI is InChI=1S/C23H42NO6P/c1-4-5-6-7-8-9-10-11-16-24(2,3)17-19-30-31(27,28)29-18-12-13-21-14-15-22(25)23(26)20-21/h14-15,20H,4-13,16-19H2,1-3H3,(H2-,25,26,27,28). The summed E-state index contributed by atoms with van der Waals surface area (Å²) in [6.07, 6.45) is 11.2. The maximum atomic E-state index is 11.9. The van der Waals surface area contributed by atoms with E-state index in [4.69, 9.17) is 9.05 Å². The molecule has 1 rings (SSSR count). The number of hydrogen-bond donors (Lipinski definition) is 2. The summed E-state index contributed by atoms with van der Waals surface area (Å²) in [6, 6.07) is 4.53. The van der Waals surface area contributed by atoms with Gasteiger partial charge in [0.15, 0.2) is 11.5 Å². The number of hydrogen-bond acceptors (Lipinski definition) is 6. The molecule has 0 heterocycles. The Kier molecular flexibility index (Phi) is 13.4. The maximum absolute atomic E-state index is 11.9. The number of aromatic hydroxyl groups is 2. The Morgan fingerprint density at radius 1 is 0.871 bits per heavy atom. The minimum absolute atomic E-state index is 0.0128. The number of quaternary nitrogens is 1. The Bertz CT molecular complexity index is 667. The average molecular weight is 460 g/mol. The van der Waals surface area contributed by atoms with Crippen LogP contribution in [0.25, 0.3) is 0 Å². The van der Waals surface area contributed by atoms with Crippen LogP contribution in [0.15, 0.2) is 18.2 Å². The topological polar surface area (TPSA) is 99.1 Å². The van der Waals surface area contributed by atoms with Crippen LogP contribution in [-0.2, 0) is 20.0 Å². The number of phenolic OH excluding ortho intramolecular Hbond substituents is 2. The van der Waals surface area contributed by atoms with Gasteiger partial charge in [-0.2, -0.15) is 0 Å². The molecule has 0 aliphatic rings. The number of rotatable bonds is 18. The van der Waals surface area contributed by atoms with Gasteiger partial charge in [-0.3, -0.25) is 4.57 Å². The largest absolute Gasteiger partial charge is 0.756 e. The van der Waals surface area contributed by atoms with Gasteiger partial charge < -0.3 is 28.6 Å². The fraction of sp³-hybridized carbons (Fsp3) is 0.739. The van der Waals surface area contributed by atoms with Crippen molar-refractivity contribution in [2.24, 2.45) is 0 Å². The Labute approximate surface area is 188 Å². The van der Waals surface area contributed by atoms with Crippen molar-refractivity contribution in [1.29, 1.82) is 0 Å². The minimum Gasteiger partial charge on any atom is -0.756 e. The number of aryl methyl sites for hydroxylation is 1. The predicted molar refractivity (Wildman–Crippen MR) is 122 cm³/mol. The third-order valence-electron chi connectivity index (χ3n) is 5.46. The number of benzene rings is 1. The normalized spacial score (nSPS) is 13.9. The first-order valence-corrected chi connectivity index (χ1v) is 13.0. The second-order valence-electron chi connectivity index (χ2n) is 8.90. The average Bonchev–Trinajstić information content (AvgIpc) is 2.69. The number of phosphoric ester groups is 1. The molecule has 0 radical (unpaired) electrons. The monoisotopic (exact) mass is 459 g/mol. The third kappa shape index (κ3) is 13.8. The van der Waals surface area contributed by atoms with E-state index in [9.17, 15) is 19.7 Å². The van der Waals surface area contributed by atoms with Crippen LogP contribution in [-0.4, -0.2) is 55.1 Å². The number of unbranched alkanes of at least 4 members (excludes halogenated alkanes) is 7. The van der Waals surface area contributed by atoms with Crippen LogP contribution in [0.3, 0.4) is 0 Å². The molecule has 1 unspecified atom stereocenters. The lowest BCUT2D eigenvalue weighted by atomic mass is 10.1. The van der Waals surface area contributed by atoms with Gasteiger partial charge in [-0.05, 0) is 43.4 Å². The molecular formula is C23H42NO6P. The van der Waals surface area contributed by atoms with E-state index >= 15 is 0 Å². The highest BCUT2D eigenvalue weighted by Crippen LogP contribution is 2.38. The first-order chi connectivity index (χ1) is 14.7. The van der Waals surface area contributed by atoms with Crippen molar-refractivity contribution < 1.29 is 33.2 Å². The summed E-state index contributed by atoms with van der Waals surface area (Å²) in [5, 5.41) is 18.8. The molecule has 180 valence electrons. The van der Waals surface area contributed by atoms with Gasteiger partial charge in [0.05, 0.1) is 27.2 Å². The molecule has 1 atom stereocenters. The number of phosphoric acid groups is 1. The van der Waals surface area contributed by atoms with Crippen molar-refractivity contribution in [2.75, 3.05) is 40.4 Å². The minimum atomic E-state index is -4.32. The summed E-state index contributed by atoms with van der Waals surface area (Å²) < 4.78 is 22.6. The number of nitrogens with zero attached hydrogens (tertiary/aromatic N) is 1. The molecule has 0 saturated carbocycles. The first kappa shape index (κ1) is 27.9. The molecule has 0 aliphatic carbocycles. The molecule has 0 fully saturated rings. The van der Waals surface area contributed by atoms with E-state index in [1.54, 1.807) is 6.07 Å². The van der Waals surface area contributed by atoms with Gasteiger partial charge >= 0.3 is 0 Å². The maximum Gasteiger partial charge on any atom is 0.268 e. The van der Waals surface area contributed by atoms with Crippen molar-refractivity contribution in [3.05, 3.63) is 23.8 Å². The van der Waals surface area contributed by atoms with Gasteiger partial charge in [-0.15, -0.1) is 0 Å². The molecule has 0 amide bonds. The molecule has 0 saturated heterocycles. The molecule has 1 aromatic rings. The molecule has 0 spiro atoms. The summed E-state index contributed by atoms with van der Waals surface area (Å²) in [5.41, 5.74) is 0.792. The van der Waals surface area contributed by atoms with Crippen LogP contribution in [0.1, 0.15) is 70.3 Å². The second-order valence-corrected chi connectivity index (χ2v) is 10.3. The second kappa shape index (κ2) is 14.9. The third-order valence-corrected chi connectivity index (χ3v) is 6.46. The molecular weight excluding hydrogens is 417 g/mol. The molecule has 2 N–H and O–H groups in total. The van der Waals surface area contributed by atoms with E-state index in [2.05, 4.69) is 21.0 Å². The van der Waals surface area contributed by atoms with Gasteiger partial charge in [-0.25, -0.2) is 0 Å². The van der Waals surface area contributed by atoms with Crippen molar-refractivity contribution in [3.63, 3.8) is 0 Å². The van der Waals surface area contributed by atoms with E-state index in [-0.39, 0.29) is 24.7 Å². The highest BCUT2D eigenvalue weighted by molar-refractivity contribution is 7.45. The first-order valence-electron chi connectivity index (χ1n) is 11.6. The van der Waals surface area contributed by atoms with Crippen LogP contribution < -0.4 is 4.89 Å². The van der Waals surface area contributed by atoms with E-state index in [0.29, 0.717) is 19.4 Å². The lowest BCUT2D eigenvalue weighted by Crippen LogP contribution is -2.43. The molecule has 8 heteroatoms. The Morgan fingerprint density at radius 2 is 1.48 bits per heavy atom. The molecule has 0 bridgehead atoms. The number of phenols is 2. The van der Waals surface area contributed by atoms with Gasteiger partial charge in [0, 0.05) is 0 Å². The SMILES string of the molecule is CCCCCCCCCC[N+](C)(C)CCOP(=O)([O-])OCCCc1ccc(O)c(O)c1. The van der Waals surface area contributed by atoms with Crippen LogP contribution in [0, 0.1) is 0 Å². The zero-order chi connectivity index (χ0) is 23.2. The van der Waals surface area contributed by atoms with Crippen LogP contribution in [0.5, 0.6) is 11.5 Å². The lowest BCUT2D eigenvalue weighted by Gasteiger charge is -2.31. The summed E-state index contributed by atoms with van der Waals surface area (Å²) in [4.78, 5) is 11.9. The van der Waals surface area contributed by atoms with Gasteiger partial charge in [0.2, 0.25) is 0 Å². The molecule has 0 aromatic heterocycles. The van der Waals surface area contributed by atoms with Crippen molar-refractivity contribution in [1.82, 2.24) is 0 Å². The highest BCUT2D eigenvalue weighted by atomic mass is 31.2. The zero-order valence-corrected chi connectivity index (χ0v) is 20.4. The van der Waals surface area contributed by atoms with E-state index in [1.165, 1.54) is 57.1 Å². The zero-order valence-electron chi connectivity index (χ0n) is 19.6. The fourth-order valence-electron chi connectivity index (χ4n) is 3.40.